The molecule has 0 bridgehead atoms. The lowest BCUT2D eigenvalue weighted by molar-refractivity contribution is -0.130. The third kappa shape index (κ3) is 3.68. The van der Waals surface area contributed by atoms with Crippen LogP contribution < -0.4 is 10.2 Å². The number of fused-ring (bicyclic) bond motifs is 1. The lowest BCUT2D eigenvalue weighted by Gasteiger charge is -2.36. The summed E-state index contributed by atoms with van der Waals surface area (Å²) >= 11 is 1.42. The highest BCUT2D eigenvalue weighted by molar-refractivity contribution is 7.13. The molecule has 9 nitrogen and oxygen atoms in total. The van der Waals surface area contributed by atoms with Crippen molar-refractivity contribution in [3.63, 3.8) is 0 Å². The van der Waals surface area contributed by atoms with Gasteiger partial charge in [-0.2, -0.15) is 14.6 Å². The molecule has 0 spiro atoms. The number of rotatable bonds is 4. The predicted molar refractivity (Wildman–Crippen MR) is 106 cm³/mol. The van der Waals surface area contributed by atoms with Crippen LogP contribution in [0.15, 0.2) is 24.5 Å². The number of anilines is 1. The Balaban J connectivity index is 1.34. The van der Waals surface area contributed by atoms with E-state index < -0.39 is 0 Å². The van der Waals surface area contributed by atoms with Crippen molar-refractivity contribution in [3.8, 4) is 0 Å². The van der Waals surface area contributed by atoms with Crippen LogP contribution in [0, 0.1) is 13.8 Å². The number of nitrogens with zero attached hydrogens (tertiary/aromatic N) is 6. The Hall–Kier alpha value is -3.01. The van der Waals surface area contributed by atoms with Gasteiger partial charge < -0.3 is 15.1 Å². The van der Waals surface area contributed by atoms with Crippen molar-refractivity contribution in [1.82, 2.24) is 29.8 Å². The topological polar surface area (TPSA) is 95.7 Å². The monoisotopic (exact) mass is 399 g/mol. The van der Waals surface area contributed by atoms with Gasteiger partial charge in [0.1, 0.15) is 12.1 Å². The fourth-order valence-corrected chi connectivity index (χ4v) is 4.02. The van der Waals surface area contributed by atoms with Crippen molar-refractivity contribution in [2.75, 3.05) is 37.6 Å². The minimum atomic E-state index is -0.203. The van der Waals surface area contributed by atoms with E-state index in [2.05, 4.69) is 25.3 Å². The van der Waals surface area contributed by atoms with Crippen molar-refractivity contribution in [2.24, 2.45) is 0 Å². The normalized spacial score (nSPS) is 14.5. The molecule has 4 rings (SSSR count). The zero-order valence-electron chi connectivity index (χ0n) is 15.8. The molecule has 0 aromatic carbocycles. The first-order valence-electron chi connectivity index (χ1n) is 9.06. The van der Waals surface area contributed by atoms with Gasteiger partial charge in [-0.05, 0) is 26.0 Å². The van der Waals surface area contributed by atoms with Gasteiger partial charge in [-0.1, -0.05) is 0 Å². The van der Waals surface area contributed by atoms with Gasteiger partial charge in [-0.15, -0.1) is 11.3 Å². The molecular formula is C18H21N7O2S. The highest BCUT2D eigenvalue weighted by Gasteiger charge is 2.23. The van der Waals surface area contributed by atoms with Gasteiger partial charge in [-0.3, -0.25) is 9.59 Å². The summed E-state index contributed by atoms with van der Waals surface area (Å²) in [6, 6.07) is 5.65. The Morgan fingerprint density at radius 1 is 1.18 bits per heavy atom. The van der Waals surface area contributed by atoms with E-state index in [1.54, 1.807) is 15.5 Å². The van der Waals surface area contributed by atoms with Gasteiger partial charge in [0.25, 0.3) is 11.7 Å². The number of hydrogen-bond donors (Lipinski definition) is 1. The zero-order valence-corrected chi connectivity index (χ0v) is 16.6. The number of aryl methyl sites for hydroxylation is 2. The molecule has 0 aliphatic carbocycles. The molecule has 28 heavy (non-hydrogen) atoms. The number of aromatic nitrogens is 4. The lowest BCUT2D eigenvalue weighted by Crippen LogP contribution is -2.51. The first-order valence-corrected chi connectivity index (χ1v) is 9.87. The predicted octanol–water partition coefficient (Wildman–Crippen LogP) is 0.881. The molecule has 1 aliphatic rings. The molecule has 1 saturated heterocycles. The third-order valence-electron chi connectivity index (χ3n) is 4.68. The first-order chi connectivity index (χ1) is 13.5. The van der Waals surface area contributed by atoms with Gasteiger partial charge in [-0.25, -0.2) is 4.98 Å². The van der Waals surface area contributed by atoms with Crippen LogP contribution in [0.2, 0.25) is 0 Å². The number of carbonyl (C=O) groups excluding carboxylic acids is 2. The maximum atomic E-state index is 12.5. The van der Waals surface area contributed by atoms with Crippen LogP contribution in [-0.4, -0.2) is 69.0 Å². The van der Waals surface area contributed by atoms with E-state index in [1.807, 2.05) is 26.0 Å². The molecule has 146 valence electrons. The number of carbonyl (C=O) groups is 2. The lowest BCUT2D eigenvalue weighted by atomic mass is 10.3. The van der Waals surface area contributed by atoms with Crippen LogP contribution in [0.25, 0.3) is 5.78 Å². The number of amides is 2. The number of thiophene rings is 1. The summed E-state index contributed by atoms with van der Waals surface area (Å²) in [6.45, 7) is 6.43. The van der Waals surface area contributed by atoms with E-state index in [0.717, 1.165) is 16.4 Å². The van der Waals surface area contributed by atoms with E-state index in [1.165, 1.54) is 17.7 Å². The highest BCUT2D eigenvalue weighted by atomic mass is 32.1. The molecule has 2 amide bonds. The molecule has 3 aromatic heterocycles. The van der Waals surface area contributed by atoms with Gasteiger partial charge >= 0.3 is 0 Å². The standard InChI is InChI=1S/C18H21N7O2S/c1-12-9-15(25-18(22-12)20-11-21-25)23-5-7-24(8-6-23)16(26)10-19-17(27)14-4-3-13(2)28-14/h3-4,9,11H,5-8,10H2,1-2H3,(H,19,27). The van der Waals surface area contributed by atoms with E-state index in [4.69, 9.17) is 0 Å². The summed E-state index contributed by atoms with van der Waals surface area (Å²) < 4.78 is 1.72. The summed E-state index contributed by atoms with van der Waals surface area (Å²) in [6.07, 6.45) is 1.49. The average Bonchev–Trinajstić information content (AvgIpc) is 3.34. The Morgan fingerprint density at radius 3 is 2.68 bits per heavy atom. The number of piperazine rings is 1. The van der Waals surface area contributed by atoms with E-state index >= 15 is 0 Å². The van der Waals surface area contributed by atoms with E-state index in [0.29, 0.717) is 36.8 Å². The summed E-state index contributed by atoms with van der Waals surface area (Å²) in [4.78, 5) is 38.7. The summed E-state index contributed by atoms with van der Waals surface area (Å²) in [7, 11) is 0. The van der Waals surface area contributed by atoms with Gasteiger partial charge in [0.2, 0.25) is 5.91 Å². The molecule has 0 unspecified atom stereocenters. The zero-order chi connectivity index (χ0) is 19.7. The largest absolute Gasteiger partial charge is 0.353 e. The fraction of sp³-hybridized carbons (Fsp3) is 0.389. The Labute approximate surface area is 166 Å². The third-order valence-corrected chi connectivity index (χ3v) is 5.68. The molecular weight excluding hydrogens is 378 g/mol. The van der Waals surface area contributed by atoms with Gasteiger partial charge in [0, 0.05) is 42.8 Å². The van der Waals surface area contributed by atoms with Gasteiger partial charge in [0.05, 0.1) is 11.4 Å². The maximum absolute atomic E-state index is 12.5. The highest BCUT2D eigenvalue weighted by Crippen LogP contribution is 2.18. The van der Waals surface area contributed by atoms with Crippen LogP contribution in [-0.2, 0) is 4.79 Å². The fourth-order valence-electron chi connectivity index (χ4n) is 3.23. The van der Waals surface area contributed by atoms with Crippen molar-refractivity contribution in [2.45, 2.75) is 13.8 Å². The van der Waals surface area contributed by atoms with Gasteiger partial charge in [0.15, 0.2) is 0 Å². The van der Waals surface area contributed by atoms with Crippen LogP contribution in [0.4, 0.5) is 5.82 Å². The van der Waals surface area contributed by atoms with Crippen LogP contribution in [0.5, 0.6) is 0 Å². The second kappa shape index (κ2) is 7.55. The SMILES string of the molecule is Cc1cc(N2CCN(C(=O)CNC(=O)c3ccc(C)s3)CC2)n2ncnc2n1. The Kier molecular flexibility index (Phi) is 4.95. The summed E-state index contributed by atoms with van der Waals surface area (Å²) in [5, 5.41) is 6.96. The first kappa shape index (κ1) is 18.4. The molecule has 0 atom stereocenters. The quantitative estimate of drug-likeness (QED) is 0.700. The number of nitrogens with one attached hydrogen (secondary N) is 1. The molecule has 1 fully saturated rings. The molecule has 1 aliphatic heterocycles. The molecule has 1 N–H and O–H groups in total. The van der Waals surface area contributed by atoms with Crippen molar-refractivity contribution in [3.05, 3.63) is 40.0 Å². The molecule has 3 aromatic rings. The van der Waals surface area contributed by atoms with E-state index in [9.17, 15) is 9.59 Å². The van der Waals surface area contributed by atoms with Crippen molar-refractivity contribution in [1.29, 1.82) is 0 Å². The molecule has 10 heteroatoms. The minimum absolute atomic E-state index is 0.0114. The second-order valence-corrected chi connectivity index (χ2v) is 7.98. The Morgan fingerprint density at radius 2 is 1.96 bits per heavy atom. The van der Waals surface area contributed by atoms with Crippen LogP contribution in [0.1, 0.15) is 20.2 Å². The molecule has 4 heterocycles. The average molecular weight is 399 g/mol. The second-order valence-electron chi connectivity index (χ2n) is 6.69. The van der Waals surface area contributed by atoms with Crippen LogP contribution in [0.3, 0.4) is 0 Å². The summed E-state index contributed by atoms with van der Waals surface area (Å²) in [5.41, 5.74) is 0.875. The Bertz CT molecular complexity index is 1020. The van der Waals surface area contributed by atoms with Crippen LogP contribution >= 0.6 is 11.3 Å². The summed E-state index contributed by atoms with van der Waals surface area (Å²) in [5.74, 6) is 1.22. The maximum Gasteiger partial charge on any atom is 0.261 e. The minimum Gasteiger partial charge on any atom is -0.353 e. The van der Waals surface area contributed by atoms with Crippen molar-refractivity contribution >= 4 is 34.7 Å². The molecule has 0 radical (unpaired) electrons. The molecule has 0 saturated carbocycles. The smallest absolute Gasteiger partial charge is 0.261 e. The van der Waals surface area contributed by atoms with Crippen molar-refractivity contribution < 1.29 is 9.59 Å². The number of hydrogen-bond acceptors (Lipinski definition) is 7. The van der Waals surface area contributed by atoms with E-state index in [-0.39, 0.29) is 18.4 Å².